The highest BCUT2D eigenvalue weighted by molar-refractivity contribution is 6.01. The van der Waals surface area contributed by atoms with Gasteiger partial charge in [0.2, 0.25) is 11.8 Å². The summed E-state index contributed by atoms with van der Waals surface area (Å²) in [7, 11) is 0. The lowest BCUT2D eigenvalue weighted by Crippen LogP contribution is -2.28. The number of likely N-dealkylation sites (tertiary alicyclic amines) is 1. The normalized spacial score (nSPS) is 14.8. The van der Waals surface area contributed by atoms with E-state index >= 15 is 0 Å². The highest BCUT2D eigenvalue weighted by Crippen LogP contribution is 2.18. The molecule has 1 N–H and O–H groups in total. The lowest BCUT2D eigenvalue weighted by Gasteiger charge is -2.16. The van der Waals surface area contributed by atoms with Crippen molar-refractivity contribution in [3.8, 4) is 5.69 Å². The van der Waals surface area contributed by atoms with Crippen molar-refractivity contribution in [2.24, 2.45) is 0 Å². The number of hydrogen-bond acceptors (Lipinski definition) is 5. The Morgan fingerprint density at radius 3 is 2.30 bits per heavy atom. The molecule has 8 nitrogen and oxygen atoms in total. The van der Waals surface area contributed by atoms with E-state index in [1.165, 1.54) is 11.2 Å². The fraction of sp³-hybridized carbons (Fsp3) is 0.227. The fourth-order valence-corrected chi connectivity index (χ4v) is 3.36. The first-order chi connectivity index (χ1) is 14.5. The van der Waals surface area contributed by atoms with Crippen LogP contribution >= 0.6 is 0 Å². The largest absolute Gasteiger partial charge is 0.346 e. The zero-order valence-electron chi connectivity index (χ0n) is 16.5. The molecule has 152 valence electrons. The molecule has 2 heterocycles. The molecule has 1 atom stereocenters. The van der Waals surface area contributed by atoms with Crippen molar-refractivity contribution in [3.05, 3.63) is 77.9 Å². The van der Waals surface area contributed by atoms with Crippen LogP contribution in [-0.2, 0) is 16.1 Å². The zero-order valence-corrected chi connectivity index (χ0v) is 16.5. The Bertz CT molecular complexity index is 1040. The Kier molecular flexibility index (Phi) is 5.38. The molecule has 30 heavy (non-hydrogen) atoms. The summed E-state index contributed by atoms with van der Waals surface area (Å²) in [4.78, 5) is 41.3. The van der Waals surface area contributed by atoms with Crippen LogP contribution in [0.15, 0.2) is 61.2 Å². The van der Waals surface area contributed by atoms with Crippen molar-refractivity contribution in [2.45, 2.75) is 32.4 Å². The first-order valence-electron chi connectivity index (χ1n) is 9.69. The maximum Gasteiger partial charge on any atom is 0.251 e. The summed E-state index contributed by atoms with van der Waals surface area (Å²) in [6.45, 7) is 2.16. The van der Waals surface area contributed by atoms with E-state index < -0.39 is 0 Å². The molecule has 1 fully saturated rings. The predicted octanol–water partition coefficient (Wildman–Crippen LogP) is 2.41. The van der Waals surface area contributed by atoms with E-state index in [0.29, 0.717) is 5.56 Å². The van der Waals surface area contributed by atoms with Crippen LogP contribution in [0.4, 0.5) is 0 Å². The van der Waals surface area contributed by atoms with Gasteiger partial charge in [-0.2, -0.15) is 5.10 Å². The molecule has 0 radical (unpaired) electrons. The number of imide groups is 1. The first kappa shape index (κ1) is 19.5. The maximum absolute atomic E-state index is 12.6. The summed E-state index contributed by atoms with van der Waals surface area (Å²) >= 11 is 0. The minimum Gasteiger partial charge on any atom is -0.346 e. The van der Waals surface area contributed by atoms with Crippen molar-refractivity contribution < 1.29 is 14.4 Å². The molecule has 8 heteroatoms. The van der Waals surface area contributed by atoms with E-state index in [2.05, 4.69) is 15.4 Å². The van der Waals surface area contributed by atoms with Gasteiger partial charge in [0, 0.05) is 18.4 Å². The zero-order chi connectivity index (χ0) is 21.1. The van der Waals surface area contributed by atoms with Crippen molar-refractivity contribution in [1.82, 2.24) is 25.0 Å². The number of carbonyl (C=O) groups excluding carboxylic acids is 3. The molecule has 2 aromatic carbocycles. The summed E-state index contributed by atoms with van der Waals surface area (Å²) in [5, 5.41) is 7.07. The van der Waals surface area contributed by atoms with Gasteiger partial charge in [-0.25, -0.2) is 9.67 Å². The standard InChI is InChI=1S/C22H21N5O3/c1-15(17-6-8-19(9-7-17)27-14-23-13-24-27)25-22(30)18-4-2-16(3-5-18)12-26-20(28)10-11-21(26)29/h2-9,13-15H,10-12H2,1H3,(H,25,30). The van der Waals surface area contributed by atoms with Gasteiger partial charge in [-0.05, 0) is 42.3 Å². The van der Waals surface area contributed by atoms with Gasteiger partial charge in [-0.15, -0.1) is 0 Å². The van der Waals surface area contributed by atoms with Crippen LogP contribution in [-0.4, -0.2) is 37.4 Å². The highest BCUT2D eigenvalue weighted by Gasteiger charge is 2.28. The van der Waals surface area contributed by atoms with Crippen LogP contribution in [0.25, 0.3) is 5.69 Å². The van der Waals surface area contributed by atoms with Gasteiger partial charge >= 0.3 is 0 Å². The van der Waals surface area contributed by atoms with Gasteiger partial charge in [-0.3, -0.25) is 19.3 Å². The van der Waals surface area contributed by atoms with Gasteiger partial charge < -0.3 is 5.32 Å². The van der Waals surface area contributed by atoms with Crippen molar-refractivity contribution in [1.29, 1.82) is 0 Å². The Morgan fingerprint density at radius 1 is 1.03 bits per heavy atom. The minimum atomic E-state index is -0.192. The molecular formula is C22H21N5O3. The summed E-state index contributed by atoms with van der Waals surface area (Å²) in [5.41, 5.74) is 3.19. The van der Waals surface area contributed by atoms with E-state index in [4.69, 9.17) is 0 Å². The molecular weight excluding hydrogens is 382 g/mol. The first-order valence-corrected chi connectivity index (χ1v) is 9.69. The molecule has 1 aliphatic rings. The second-order valence-electron chi connectivity index (χ2n) is 7.20. The Hall–Kier alpha value is -3.81. The fourth-order valence-electron chi connectivity index (χ4n) is 3.36. The quantitative estimate of drug-likeness (QED) is 0.638. The van der Waals surface area contributed by atoms with Crippen molar-refractivity contribution in [2.75, 3.05) is 0 Å². The van der Waals surface area contributed by atoms with E-state index in [1.54, 1.807) is 35.3 Å². The molecule has 0 spiro atoms. The summed E-state index contributed by atoms with van der Waals surface area (Å²) < 4.78 is 1.66. The van der Waals surface area contributed by atoms with E-state index in [-0.39, 0.29) is 43.1 Å². The highest BCUT2D eigenvalue weighted by atomic mass is 16.2. The molecule has 3 amide bonds. The number of amides is 3. The topological polar surface area (TPSA) is 97.2 Å². The van der Waals surface area contributed by atoms with Gasteiger partial charge in [-0.1, -0.05) is 24.3 Å². The summed E-state index contributed by atoms with van der Waals surface area (Å²) in [6.07, 6.45) is 3.65. The molecule has 0 bridgehead atoms. The van der Waals surface area contributed by atoms with Gasteiger partial charge in [0.1, 0.15) is 12.7 Å². The van der Waals surface area contributed by atoms with Crippen LogP contribution < -0.4 is 5.32 Å². The molecule has 4 rings (SSSR count). The van der Waals surface area contributed by atoms with Gasteiger partial charge in [0.25, 0.3) is 5.91 Å². The van der Waals surface area contributed by atoms with Crippen LogP contribution in [0.2, 0.25) is 0 Å². The number of nitrogens with zero attached hydrogens (tertiary/aromatic N) is 4. The maximum atomic E-state index is 12.6. The van der Waals surface area contributed by atoms with Crippen molar-refractivity contribution in [3.63, 3.8) is 0 Å². The molecule has 0 aliphatic carbocycles. The Morgan fingerprint density at radius 2 is 1.70 bits per heavy atom. The lowest BCUT2D eigenvalue weighted by molar-refractivity contribution is -0.139. The minimum absolute atomic E-state index is 0.148. The molecule has 1 saturated heterocycles. The van der Waals surface area contributed by atoms with E-state index in [9.17, 15) is 14.4 Å². The average molecular weight is 403 g/mol. The molecule has 0 saturated carbocycles. The lowest BCUT2D eigenvalue weighted by atomic mass is 10.1. The van der Waals surface area contributed by atoms with Crippen molar-refractivity contribution >= 4 is 17.7 Å². The number of carbonyl (C=O) groups is 3. The third kappa shape index (κ3) is 4.12. The van der Waals surface area contributed by atoms with Gasteiger partial charge in [0.15, 0.2) is 0 Å². The number of nitrogens with one attached hydrogen (secondary N) is 1. The number of rotatable bonds is 6. The molecule has 1 aromatic heterocycles. The number of hydrogen-bond donors (Lipinski definition) is 1. The third-order valence-electron chi connectivity index (χ3n) is 5.14. The summed E-state index contributed by atoms with van der Waals surface area (Å²) in [6, 6.07) is 14.5. The van der Waals surface area contributed by atoms with Crippen LogP contribution in [0.1, 0.15) is 47.3 Å². The number of benzene rings is 2. The molecule has 3 aromatic rings. The second-order valence-corrected chi connectivity index (χ2v) is 7.20. The Balaban J connectivity index is 1.37. The van der Waals surface area contributed by atoms with Crippen LogP contribution in [0.3, 0.4) is 0 Å². The summed E-state index contributed by atoms with van der Waals surface area (Å²) in [5.74, 6) is -0.487. The Labute approximate surface area is 173 Å². The second kappa shape index (κ2) is 8.28. The SMILES string of the molecule is CC(NC(=O)c1ccc(CN2C(=O)CCC2=O)cc1)c1ccc(-n2cncn2)cc1. The van der Waals surface area contributed by atoms with Crippen LogP contribution in [0.5, 0.6) is 0 Å². The molecule has 1 aliphatic heterocycles. The van der Waals surface area contributed by atoms with E-state index in [0.717, 1.165) is 16.8 Å². The average Bonchev–Trinajstić information content (AvgIpc) is 3.40. The molecule has 1 unspecified atom stereocenters. The smallest absolute Gasteiger partial charge is 0.251 e. The van der Waals surface area contributed by atoms with Gasteiger partial charge in [0.05, 0.1) is 18.3 Å². The monoisotopic (exact) mass is 403 g/mol. The van der Waals surface area contributed by atoms with E-state index in [1.807, 2.05) is 31.2 Å². The predicted molar refractivity (Wildman–Crippen MR) is 108 cm³/mol. The third-order valence-corrected chi connectivity index (χ3v) is 5.14. The van der Waals surface area contributed by atoms with Crippen LogP contribution in [0, 0.1) is 0 Å². The number of aromatic nitrogens is 3.